The maximum Gasteiger partial charge on any atom is 0.190 e. The molecule has 0 amide bonds. The van der Waals surface area contributed by atoms with Crippen LogP contribution in [0.1, 0.15) is 109 Å². The van der Waals surface area contributed by atoms with E-state index in [1.165, 1.54) is 88.2 Å². The summed E-state index contributed by atoms with van der Waals surface area (Å²) in [7, 11) is 0. The Morgan fingerprint density at radius 1 is 0.429 bits per heavy atom. The molecule has 10 aliphatic carbocycles. The average molecular weight is 553 g/mol. The number of hydrogen-bond acceptors (Lipinski definition) is 2. The lowest BCUT2D eigenvalue weighted by atomic mass is 9.46. The molecule has 2 nitrogen and oxygen atoms in total. The van der Waals surface area contributed by atoms with Crippen LogP contribution in [-0.2, 0) is 0 Å². The Morgan fingerprint density at radius 3 is 1.02 bits per heavy atom. The minimum Gasteiger partial charge on any atom is -0.289 e. The molecular weight excluding hydrogens is 512 g/mol. The molecule has 2 aromatic carbocycles. The fraction of sp³-hybridized carbons (Fsp3) is 0.500. The van der Waals surface area contributed by atoms with E-state index in [-0.39, 0.29) is 22.4 Å². The van der Waals surface area contributed by atoms with Crippen molar-refractivity contribution in [2.45, 2.75) is 77.0 Å². The van der Waals surface area contributed by atoms with Gasteiger partial charge >= 0.3 is 0 Å². The van der Waals surface area contributed by atoms with Gasteiger partial charge in [-0.15, -0.1) is 0 Å². The van der Waals surface area contributed by atoms with Crippen molar-refractivity contribution in [2.75, 3.05) is 0 Å². The number of Topliss-reactive ketones (excluding diaryl/α,β-unsaturated/α-hetero) is 2. The van der Waals surface area contributed by atoms with E-state index in [9.17, 15) is 9.59 Å². The molecule has 2 heteroatoms. The number of benzene rings is 2. The van der Waals surface area contributed by atoms with E-state index in [1.54, 1.807) is 0 Å². The van der Waals surface area contributed by atoms with E-state index in [4.69, 9.17) is 0 Å². The Morgan fingerprint density at radius 2 is 0.714 bits per heavy atom. The van der Waals surface area contributed by atoms with Gasteiger partial charge in [0.1, 0.15) is 0 Å². The van der Waals surface area contributed by atoms with Crippen LogP contribution in [0.15, 0.2) is 71.8 Å². The van der Waals surface area contributed by atoms with Crippen molar-refractivity contribution in [3.05, 3.63) is 94.1 Å². The fourth-order valence-corrected chi connectivity index (χ4v) is 12.8. The second-order valence-electron chi connectivity index (χ2n) is 16.1. The smallest absolute Gasteiger partial charge is 0.190 e. The van der Waals surface area contributed by atoms with Crippen molar-refractivity contribution in [1.29, 1.82) is 0 Å². The lowest BCUT2D eigenvalue weighted by Crippen LogP contribution is -2.48. The Balaban J connectivity index is 1.21. The predicted molar refractivity (Wildman–Crippen MR) is 166 cm³/mol. The van der Waals surface area contributed by atoms with E-state index in [2.05, 4.69) is 48.6 Å². The molecule has 0 heterocycles. The highest BCUT2D eigenvalue weighted by Gasteiger charge is 2.56. The minimum absolute atomic E-state index is 0.0294. The van der Waals surface area contributed by atoms with Gasteiger partial charge in [0.25, 0.3) is 0 Å². The third-order valence-electron chi connectivity index (χ3n) is 13.5. The third kappa shape index (κ3) is 3.28. The quantitative estimate of drug-likeness (QED) is 0.372. The normalized spacial score (nSPS) is 42.4. The Labute approximate surface area is 249 Å². The maximum atomic E-state index is 14.4. The summed E-state index contributed by atoms with van der Waals surface area (Å²) in [6, 6.07) is 16.7. The van der Waals surface area contributed by atoms with Crippen LogP contribution in [0.5, 0.6) is 0 Å². The molecule has 0 aliphatic heterocycles. The summed E-state index contributed by atoms with van der Waals surface area (Å²) in [6.45, 7) is 0. The highest BCUT2D eigenvalue weighted by molar-refractivity contribution is 6.24. The van der Waals surface area contributed by atoms with Gasteiger partial charge in [0.05, 0.1) is 0 Å². The van der Waals surface area contributed by atoms with Crippen molar-refractivity contribution in [3.63, 3.8) is 0 Å². The summed E-state index contributed by atoms with van der Waals surface area (Å²) >= 11 is 0. The van der Waals surface area contributed by atoms with Crippen molar-refractivity contribution < 1.29 is 9.59 Å². The number of rotatable bonds is 2. The van der Waals surface area contributed by atoms with E-state index in [0.29, 0.717) is 0 Å². The standard InChI is InChI=1S/C40H40O2/c41-37-31-7-3-1-5-29(31)33(15-35(37)39-17-23-9-24(18-39)11-25(10-23)19-39)34-16-36(38(42)32-8-4-2-6-30(32)34)40-20-26-12-27(21-40)14-28(13-26)22-40/h1-8,15-16,23-28H,9-14,17-22H2/b34-33+. The molecule has 0 radical (unpaired) electrons. The van der Waals surface area contributed by atoms with Crippen LogP contribution in [-0.4, -0.2) is 11.6 Å². The molecule has 0 N–H and O–H groups in total. The van der Waals surface area contributed by atoms with Crippen molar-refractivity contribution in [3.8, 4) is 0 Å². The summed E-state index contributed by atoms with van der Waals surface area (Å²) in [6.07, 6.45) is 20.0. The van der Waals surface area contributed by atoms with Crippen molar-refractivity contribution in [1.82, 2.24) is 0 Å². The summed E-state index contributed by atoms with van der Waals surface area (Å²) in [5, 5.41) is 0. The summed E-state index contributed by atoms with van der Waals surface area (Å²) in [5.74, 6) is 5.25. The van der Waals surface area contributed by atoms with E-state index in [0.717, 1.165) is 68.9 Å². The first-order chi connectivity index (χ1) is 20.5. The first-order valence-electron chi connectivity index (χ1n) is 16.9. The molecular formula is C40H40O2. The van der Waals surface area contributed by atoms with Crippen molar-refractivity contribution >= 4 is 22.7 Å². The van der Waals surface area contributed by atoms with Gasteiger partial charge in [0.15, 0.2) is 11.6 Å². The molecule has 0 spiro atoms. The molecule has 12 rings (SSSR count). The summed E-state index contributed by atoms with van der Waals surface area (Å²) < 4.78 is 0. The SMILES string of the molecule is O=C1C(C23CC4CC(CC(C4)C2)C3)=C/C(=C2/C=C(C34CC5CC(CC(C5)C3)C4)C(=O)c3ccccc32)c2ccccc21. The second kappa shape index (κ2) is 8.34. The minimum atomic E-state index is 0.0294. The van der Waals surface area contributed by atoms with Crippen LogP contribution in [0.2, 0.25) is 0 Å². The number of carbonyl (C=O) groups is 2. The van der Waals surface area contributed by atoms with Gasteiger partial charge in [0, 0.05) is 22.3 Å². The molecule has 8 fully saturated rings. The maximum absolute atomic E-state index is 14.4. The van der Waals surface area contributed by atoms with E-state index < -0.39 is 0 Å². The monoisotopic (exact) mass is 552 g/mol. The molecule has 2 aromatic rings. The predicted octanol–water partition coefficient (Wildman–Crippen LogP) is 9.28. The number of hydrogen-bond donors (Lipinski definition) is 0. The molecule has 0 unspecified atom stereocenters. The molecule has 0 saturated heterocycles. The molecule has 0 aromatic heterocycles. The summed E-state index contributed by atoms with van der Waals surface area (Å²) in [5.41, 5.74) is 8.43. The zero-order valence-corrected chi connectivity index (χ0v) is 24.5. The summed E-state index contributed by atoms with van der Waals surface area (Å²) in [4.78, 5) is 28.8. The number of fused-ring (bicyclic) bond motifs is 2. The Hall–Kier alpha value is -3.00. The zero-order valence-electron chi connectivity index (χ0n) is 24.5. The first-order valence-corrected chi connectivity index (χ1v) is 16.9. The highest BCUT2D eigenvalue weighted by atomic mass is 16.1. The molecule has 212 valence electrons. The molecule has 10 aliphatic rings. The van der Waals surface area contributed by atoms with Gasteiger partial charge in [0.2, 0.25) is 0 Å². The largest absolute Gasteiger partial charge is 0.289 e. The fourth-order valence-electron chi connectivity index (χ4n) is 12.8. The molecule has 42 heavy (non-hydrogen) atoms. The van der Waals surface area contributed by atoms with Gasteiger partial charge in [-0.2, -0.15) is 0 Å². The lowest BCUT2D eigenvalue weighted by molar-refractivity contribution is -0.0300. The topological polar surface area (TPSA) is 34.1 Å². The zero-order chi connectivity index (χ0) is 27.8. The average Bonchev–Trinajstić information content (AvgIpc) is 2.97. The van der Waals surface area contributed by atoms with Gasteiger partial charge in [-0.3, -0.25) is 9.59 Å². The van der Waals surface area contributed by atoms with Crippen LogP contribution in [0.25, 0.3) is 11.1 Å². The molecule has 8 bridgehead atoms. The Kier molecular flexibility index (Phi) is 4.85. The van der Waals surface area contributed by atoms with Gasteiger partial charge in [-0.05, 0) is 158 Å². The van der Waals surface area contributed by atoms with Gasteiger partial charge < -0.3 is 0 Å². The number of allylic oxidation sites excluding steroid dienone is 6. The second-order valence-corrected chi connectivity index (χ2v) is 16.1. The van der Waals surface area contributed by atoms with E-state index in [1.807, 2.05) is 12.1 Å². The lowest BCUT2D eigenvalue weighted by Gasteiger charge is -2.58. The van der Waals surface area contributed by atoms with Gasteiger partial charge in [-0.1, -0.05) is 48.5 Å². The highest BCUT2D eigenvalue weighted by Crippen LogP contribution is 2.65. The molecule has 0 atom stereocenters. The number of ketones is 2. The van der Waals surface area contributed by atoms with E-state index >= 15 is 0 Å². The van der Waals surface area contributed by atoms with Crippen LogP contribution in [0.3, 0.4) is 0 Å². The van der Waals surface area contributed by atoms with Gasteiger partial charge in [-0.25, -0.2) is 0 Å². The van der Waals surface area contributed by atoms with Crippen molar-refractivity contribution in [2.24, 2.45) is 46.3 Å². The van der Waals surface area contributed by atoms with Crippen LogP contribution >= 0.6 is 0 Å². The van der Waals surface area contributed by atoms with Crippen LogP contribution < -0.4 is 0 Å². The molecule has 8 saturated carbocycles. The number of carbonyl (C=O) groups excluding carboxylic acids is 2. The first kappa shape index (κ1) is 24.4. The van der Waals surface area contributed by atoms with Crippen LogP contribution in [0.4, 0.5) is 0 Å². The third-order valence-corrected chi connectivity index (χ3v) is 13.5. The Bertz CT molecular complexity index is 1480. The van der Waals surface area contributed by atoms with Crippen LogP contribution in [0, 0.1) is 46.3 Å².